The zero-order chi connectivity index (χ0) is 18.9. The summed E-state index contributed by atoms with van der Waals surface area (Å²) < 4.78 is 26.8. The molecule has 7 heteroatoms. The van der Waals surface area contributed by atoms with E-state index in [1.807, 2.05) is 0 Å². The number of fused-ring (bicyclic) bond motifs is 1. The van der Waals surface area contributed by atoms with Crippen molar-refractivity contribution in [2.45, 2.75) is 38.3 Å². The third kappa shape index (κ3) is 3.41. The highest BCUT2D eigenvalue weighted by molar-refractivity contribution is 5.88. The second kappa shape index (κ2) is 7.25. The molecule has 0 radical (unpaired) electrons. The molecule has 1 amide bonds. The molecule has 3 N–H and O–H groups in total. The normalized spacial score (nSPS) is 24.6. The summed E-state index contributed by atoms with van der Waals surface area (Å²) >= 11 is 0. The Morgan fingerprint density at radius 1 is 1.42 bits per heavy atom. The summed E-state index contributed by atoms with van der Waals surface area (Å²) in [6, 6.07) is 6.47. The van der Waals surface area contributed by atoms with Gasteiger partial charge in [0.25, 0.3) is 6.43 Å². The smallest absolute Gasteiger partial charge is 0.265 e. The molecule has 0 aliphatic carbocycles. The van der Waals surface area contributed by atoms with E-state index in [4.69, 9.17) is 0 Å². The van der Waals surface area contributed by atoms with Gasteiger partial charge in [0.15, 0.2) is 0 Å². The molecule has 2 heterocycles. The Morgan fingerprint density at radius 3 is 2.85 bits per heavy atom. The minimum Gasteiger partial charge on any atom is -0.384 e. The summed E-state index contributed by atoms with van der Waals surface area (Å²) in [4.78, 5) is 16.4. The van der Waals surface area contributed by atoms with Crippen molar-refractivity contribution < 1.29 is 18.7 Å². The number of rotatable bonds is 4. The van der Waals surface area contributed by atoms with E-state index >= 15 is 0 Å². The number of pyridine rings is 1. The van der Waals surface area contributed by atoms with E-state index in [0.717, 1.165) is 12.1 Å². The van der Waals surface area contributed by atoms with Gasteiger partial charge in [-0.05, 0) is 37.4 Å². The van der Waals surface area contributed by atoms with Crippen LogP contribution in [0, 0.1) is 5.92 Å². The van der Waals surface area contributed by atoms with Crippen LogP contribution in [0.4, 0.5) is 8.78 Å². The number of piperidine rings is 1. The molecule has 3 atom stereocenters. The van der Waals surface area contributed by atoms with Crippen LogP contribution in [0.3, 0.4) is 0 Å². The summed E-state index contributed by atoms with van der Waals surface area (Å²) in [5.74, 6) is -0.226. The van der Waals surface area contributed by atoms with Crippen molar-refractivity contribution in [3.63, 3.8) is 0 Å². The molecule has 1 unspecified atom stereocenters. The molecule has 140 valence electrons. The summed E-state index contributed by atoms with van der Waals surface area (Å²) in [5, 5.41) is 16.5. The first-order valence-corrected chi connectivity index (χ1v) is 8.71. The summed E-state index contributed by atoms with van der Waals surface area (Å²) in [6.45, 7) is 4.72. The quantitative estimate of drug-likeness (QED) is 0.780. The molecule has 1 fully saturated rings. The molecule has 3 rings (SSSR count). The highest BCUT2D eigenvalue weighted by Gasteiger charge is 2.40. The van der Waals surface area contributed by atoms with Crippen molar-refractivity contribution in [1.29, 1.82) is 0 Å². The van der Waals surface area contributed by atoms with Crippen LogP contribution in [0.2, 0.25) is 0 Å². The predicted molar refractivity (Wildman–Crippen MR) is 94.9 cm³/mol. The first kappa shape index (κ1) is 18.7. The third-order valence-electron chi connectivity index (χ3n) is 4.91. The number of alkyl halides is 2. The SMILES string of the molecule is CC(O)C(=O)N[C@]1(c2ccc(C(F)F)c3ncccc23)CNC[C@@H](C)C1. The van der Waals surface area contributed by atoms with Crippen LogP contribution < -0.4 is 10.6 Å². The molecule has 2 aromatic rings. The molecule has 1 aliphatic heterocycles. The summed E-state index contributed by atoms with van der Waals surface area (Å²) in [5.41, 5.74) is 0.0494. The van der Waals surface area contributed by atoms with Crippen LogP contribution in [0.1, 0.15) is 37.8 Å². The number of carbonyl (C=O) groups excluding carboxylic acids is 1. The Bertz CT molecular complexity index is 812. The first-order valence-electron chi connectivity index (χ1n) is 8.71. The minimum absolute atomic E-state index is 0.127. The molecule has 1 aromatic heterocycles. The lowest BCUT2D eigenvalue weighted by atomic mass is 9.77. The third-order valence-corrected chi connectivity index (χ3v) is 4.91. The van der Waals surface area contributed by atoms with Crippen molar-refractivity contribution in [1.82, 2.24) is 15.6 Å². The molecule has 0 saturated carbocycles. The van der Waals surface area contributed by atoms with Gasteiger partial charge < -0.3 is 15.7 Å². The van der Waals surface area contributed by atoms with E-state index < -0.39 is 24.0 Å². The molecule has 26 heavy (non-hydrogen) atoms. The summed E-state index contributed by atoms with van der Waals surface area (Å²) in [7, 11) is 0. The lowest BCUT2D eigenvalue weighted by molar-refractivity contribution is -0.131. The van der Waals surface area contributed by atoms with Crippen LogP contribution >= 0.6 is 0 Å². The number of amides is 1. The van der Waals surface area contributed by atoms with Crippen molar-refractivity contribution in [3.05, 3.63) is 41.6 Å². The van der Waals surface area contributed by atoms with Gasteiger partial charge in [-0.2, -0.15) is 0 Å². The van der Waals surface area contributed by atoms with E-state index in [9.17, 15) is 18.7 Å². The minimum atomic E-state index is -2.63. The van der Waals surface area contributed by atoms with Gasteiger partial charge >= 0.3 is 0 Å². The number of hydrogen-bond donors (Lipinski definition) is 3. The zero-order valence-electron chi connectivity index (χ0n) is 14.8. The maximum atomic E-state index is 13.4. The topological polar surface area (TPSA) is 74.2 Å². The second-order valence-corrected chi connectivity index (χ2v) is 7.09. The molecule has 1 aliphatic rings. The fourth-order valence-electron chi connectivity index (χ4n) is 3.77. The highest BCUT2D eigenvalue weighted by atomic mass is 19.3. The number of hydrogen-bond acceptors (Lipinski definition) is 4. The lowest BCUT2D eigenvalue weighted by Crippen LogP contribution is -2.58. The van der Waals surface area contributed by atoms with Crippen LogP contribution in [-0.2, 0) is 10.3 Å². The van der Waals surface area contributed by atoms with Gasteiger partial charge in [0.1, 0.15) is 6.10 Å². The number of benzene rings is 1. The van der Waals surface area contributed by atoms with E-state index in [1.165, 1.54) is 19.2 Å². The van der Waals surface area contributed by atoms with Gasteiger partial charge in [-0.25, -0.2) is 8.78 Å². The van der Waals surface area contributed by atoms with Gasteiger partial charge in [-0.3, -0.25) is 9.78 Å². The Kier molecular flexibility index (Phi) is 5.20. The number of nitrogens with zero attached hydrogens (tertiary/aromatic N) is 1. The van der Waals surface area contributed by atoms with Crippen LogP contribution in [0.5, 0.6) is 0 Å². The Balaban J connectivity index is 2.18. The molecule has 1 aromatic carbocycles. The molecule has 0 spiro atoms. The van der Waals surface area contributed by atoms with Gasteiger partial charge in [0.2, 0.25) is 5.91 Å². The lowest BCUT2D eigenvalue weighted by Gasteiger charge is -2.42. The second-order valence-electron chi connectivity index (χ2n) is 7.09. The van der Waals surface area contributed by atoms with E-state index in [2.05, 4.69) is 22.5 Å². The fourth-order valence-corrected chi connectivity index (χ4v) is 3.77. The Labute approximate surface area is 150 Å². The predicted octanol–water partition coefficient (Wildman–Crippen LogP) is 2.49. The van der Waals surface area contributed by atoms with Gasteiger partial charge in [-0.1, -0.05) is 25.1 Å². The first-order chi connectivity index (χ1) is 12.3. The average molecular weight is 363 g/mol. The van der Waals surface area contributed by atoms with E-state index in [-0.39, 0.29) is 17.0 Å². The number of nitrogens with one attached hydrogen (secondary N) is 2. The van der Waals surface area contributed by atoms with Gasteiger partial charge in [-0.15, -0.1) is 0 Å². The fraction of sp³-hybridized carbons (Fsp3) is 0.474. The number of aliphatic hydroxyl groups excluding tert-OH is 1. The molecule has 1 saturated heterocycles. The Hall–Kier alpha value is -2.12. The van der Waals surface area contributed by atoms with Crippen molar-refractivity contribution in [2.24, 2.45) is 5.92 Å². The molecule has 0 bridgehead atoms. The molecule has 5 nitrogen and oxygen atoms in total. The monoisotopic (exact) mass is 363 g/mol. The van der Waals surface area contributed by atoms with Gasteiger partial charge in [0.05, 0.1) is 11.1 Å². The number of aliphatic hydroxyl groups is 1. The number of halogens is 2. The van der Waals surface area contributed by atoms with E-state index in [1.54, 1.807) is 18.2 Å². The largest absolute Gasteiger partial charge is 0.384 e. The maximum Gasteiger partial charge on any atom is 0.265 e. The van der Waals surface area contributed by atoms with Crippen molar-refractivity contribution in [2.75, 3.05) is 13.1 Å². The average Bonchev–Trinajstić information content (AvgIpc) is 2.60. The zero-order valence-corrected chi connectivity index (χ0v) is 14.8. The number of aromatic nitrogens is 1. The van der Waals surface area contributed by atoms with Gasteiger partial charge in [0, 0.05) is 23.7 Å². The van der Waals surface area contributed by atoms with Crippen molar-refractivity contribution >= 4 is 16.8 Å². The van der Waals surface area contributed by atoms with Crippen molar-refractivity contribution in [3.8, 4) is 0 Å². The molecular weight excluding hydrogens is 340 g/mol. The number of carbonyl (C=O) groups is 1. The standard InChI is InChI=1S/C19H23F2N3O2/c1-11-8-19(10-22-9-11,24-18(26)12(2)25)15-6-5-14(17(20)21)16-13(15)4-3-7-23-16/h3-7,11-12,17,22,25H,8-10H2,1-2H3,(H,24,26)/t11-,12?,19-/m0/s1. The molecular formula is C19H23F2N3O2. The van der Waals surface area contributed by atoms with Crippen LogP contribution in [-0.4, -0.2) is 35.2 Å². The Morgan fingerprint density at radius 2 is 2.19 bits per heavy atom. The highest BCUT2D eigenvalue weighted by Crippen LogP contribution is 2.38. The van der Waals surface area contributed by atoms with Crippen LogP contribution in [0.25, 0.3) is 10.9 Å². The maximum absolute atomic E-state index is 13.4. The van der Waals surface area contributed by atoms with E-state index in [0.29, 0.717) is 18.4 Å². The summed E-state index contributed by atoms with van der Waals surface area (Å²) in [6.07, 6.45) is -1.67. The van der Waals surface area contributed by atoms with Crippen LogP contribution in [0.15, 0.2) is 30.5 Å².